The molecule has 1 heterocycles. The molecule has 2 nitrogen and oxygen atoms in total. The third-order valence-electron chi connectivity index (χ3n) is 1.96. The van der Waals surface area contributed by atoms with Crippen LogP contribution in [0.5, 0.6) is 0 Å². The highest BCUT2D eigenvalue weighted by Gasteiger charge is 1.97. The van der Waals surface area contributed by atoms with Gasteiger partial charge in [-0.25, -0.2) is 0 Å². The molecule has 0 amide bonds. The Labute approximate surface area is 82.9 Å². The van der Waals surface area contributed by atoms with Crippen LogP contribution in [0, 0.1) is 6.08 Å². The summed E-state index contributed by atoms with van der Waals surface area (Å²) < 4.78 is 0. The minimum absolute atomic E-state index is 0.878. The molecule has 0 fully saturated rings. The highest BCUT2D eigenvalue weighted by Crippen LogP contribution is 2.15. The van der Waals surface area contributed by atoms with E-state index in [4.69, 9.17) is 0 Å². The van der Waals surface area contributed by atoms with Crippen molar-refractivity contribution in [3.8, 4) is 11.3 Å². The molecule has 0 unspecified atom stereocenters. The van der Waals surface area contributed by atoms with Crippen molar-refractivity contribution in [1.82, 2.24) is 10.2 Å². The molecule has 0 spiro atoms. The summed E-state index contributed by atoms with van der Waals surface area (Å²) in [7, 11) is 0. The van der Waals surface area contributed by atoms with Gasteiger partial charge in [-0.15, -0.1) is 0 Å². The fraction of sp³-hybridized carbons (Fsp3) is 0. The standard InChI is InChI=1S/C12H9N2/c1-2-10-5-7-11(8-6-10)12-4-3-9-13-14-12/h3-9H,1H2. The van der Waals surface area contributed by atoms with Gasteiger partial charge in [-0.1, -0.05) is 30.8 Å². The summed E-state index contributed by atoms with van der Waals surface area (Å²) in [6.07, 6.45) is 4.48. The molecule has 0 saturated carbocycles. The van der Waals surface area contributed by atoms with Crippen LogP contribution in [0.3, 0.4) is 0 Å². The first-order valence-corrected chi connectivity index (χ1v) is 4.31. The van der Waals surface area contributed by atoms with Crippen LogP contribution in [0.4, 0.5) is 0 Å². The molecule has 0 aliphatic carbocycles. The predicted molar refractivity (Wildman–Crippen MR) is 55.4 cm³/mol. The van der Waals surface area contributed by atoms with Crippen molar-refractivity contribution in [2.24, 2.45) is 0 Å². The number of rotatable bonds is 2. The molecule has 0 aliphatic heterocycles. The average Bonchev–Trinajstić information content (AvgIpc) is 2.30. The summed E-state index contributed by atoms with van der Waals surface area (Å²) in [6, 6.07) is 11.7. The van der Waals surface area contributed by atoms with Crippen molar-refractivity contribution in [3.63, 3.8) is 0 Å². The van der Waals surface area contributed by atoms with E-state index in [1.54, 1.807) is 6.20 Å². The molecule has 2 heteroatoms. The van der Waals surface area contributed by atoms with Gasteiger partial charge in [0.1, 0.15) is 0 Å². The lowest BCUT2D eigenvalue weighted by Crippen LogP contribution is -1.85. The van der Waals surface area contributed by atoms with Crippen LogP contribution < -0.4 is 0 Å². The van der Waals surface area contributed by atoms with Crippen LogP contribution in [0.1, 0.15) is 5.56 Å². The molecule has 1 aromatic heterocycles. The molecule has 1 aromatic carbocycles. The molecule has 0 bridgehead atoms. The van der Waals surface area contributed by atoms with Gasteiger partial charge in [-0.05, 0) is 23.8 Å². The summed E-state index contributed by atoms with van der Waals surface area (Å²) in [5, 5.41) is 7.84. The summed E-state index contributed by atoms with van der Waals surface area (Å²) in [5.41, 5.74) is 2.91. The minimum Gasteiger partial charge on any atom is -0.159 e. The Balaban J connectivity index is 2.39. The number of hydrogen-bond donors (Lipinski definition) is 0. The van der Waals surface area contributed by atoms with E-state index in [0.717, 1.165) is 16.8 Å². The summed E-state index contributed by atoms with van der Waals surface area (Å²) in [5.74, 6) is 0. The number of aromatic nitrogens is 2. The number of benzene rings is 1. The van der Waals surface area contributed by atoms with Gasteiger partial charge in [-0.3, -0.25) is 0 Å². The van der Waals surface area contributed by atoms with E-state index >= 15 is 0 Å². The van der Waals surface area contributed by atoms with E-state index in [-0.39, 0.29) is 0 Å². The molecule has 2 rings (SSSR count). The Morgan fingerprint density at radius 3 is 2.43 bits per heavy atom. The molecule has 1 radical (unpaired) electrons. The molecular formula is C12H9N2. The SMILES string of the molecule is C=[C]c1ccc(-c2cccnn2)cc1. The van der Waals surface area contributed by atoms with Crippen LogP contribution in [-0.4, -0.2) is 10.2 Å². The molecule has 0 aliphatic rings. The van der Waals surface area contributed by atoms with E-state index in [0.29, 0.717) is 0 Å². The van der Waals surface area contributed by atoms with Gasteiger partial charge in [0.25, 0.3) is 0 Å². The monoisotopic (exact) mass is 181 g/mol. The fourth-order valence-electron chi connectivity index (χ4n) is 1.21. The van der Waals surface area contributed by atoms with Gasteiger partial charge in [-0.2, -0.15) is 10.2 Å². The maximum absolute atomic E-state index is 4.02. The largest absolute Gasteiger partial charge is 0.159 e. The van der Waals surface area contributed by atoms with Gasteiger partial charge < -0.3 is 0 Å². The zero-order valence-electron chi connectivity index (χ0n) is 7.64. The first kappa shape index (κ1) is 8.63. The molecule has 2 aromatic rings. The number of hydrogen-bond acceptors (Lipinski definition) is 2. The van der Waals surface area contributed by atoms with Crippen molar-refractivity contribution in [2.75, 3.05) is 0 Å². The van der Waals surface area contributed by atoms with E-state index in [1.807, 2.05) is 36.4 Å². The minimum atomic E-state index is 0.878. The lowest BCUT2D eigenvalue weighted by atomic mass is 10.1. The van der Waals surface area contributed by atoms with Crippen LogP contribution >= 0.6 is 0 Å². The topological polar surface area (TPSA) is 25.8 Å². The second-order valence-corrected chi connectivity index (χ2v) is 2.86. The highest BCUT2D eigenvalue weighted by molar-refractivity contribution is 5.58. The zero-order valence-corrected chi connectivity index (χ0v) is 7.64. The normalized spacial score (nSPS) is 9.71. The lowest BCUT2D eigenvalue weighted by Gasteiger charge is -1.98. The van der Waals surface area contributed by atoms with Crippen molar-refractivity contribution in [1.29, 1.82) is 0 Å². The fourth-order valence-corrected chi connectivity index (χ4v) is 1.21. The zero-order chi connectivity index (χ0) is 9.80. The first-order chi connectivity index (χ1) is 6.90. The Kier molecular flexibility index (Phi) is 2.36. The second-order valence-electron chi connectivity index (χ2n) is 2.86. The Hall–Kier alpha value is -1.96. The third kappa shape index (κ3) is 1.69. The summed E-state index contributed by atoms with van der Waals surface area (Å²) in [4.78, 5) is 0. The van der Waals surface area contributed by atoms with Crippen molar-refractivity contribution in [2.45, 2.75) is 0 Å². The quantitative estimate of drug-likeness (QED) is 0.711. The summed E-state index contributed by atoms with van der Waals surface area (Å²) in [6.45, 7) is 3.58. The number of nitrogens with zero attached hydrogens (tertiary/aromatic N) is 2. The average molecular weight is 181 g/mol. The Bertz CT molecular complexity index is 418. The van der Waals surface area contributed by atoms with E-state index in [1.165, 1.54) is 0 Å². The van der Waals surface area contributed by atoms with Crippen LogP contribution in [0.15, 0.2) is 49.2 Å². The smallest absolute Gasteiger partial charge is 0.0929 e. The van der Waals surface area contributed by atoms with Gasteiger partial charge in [0.15, 0.2) is 0 Å². The van der Waals surface area contributed by atoms with Gasteiger partial charge in [0, 0.05) is 11.8 Å². The van der Waals surface area contributed by atoms with Crippen molar-refractivity contribution in [3.05, 3.63) is 60.8 Å². The third-order valence-corrected chi connectivity index (χ3v) is 1.96. The molecule has 0 N–H and O–H groups in total. The van der Waals surface area contributed by atoms with Crippen LogP contribution in [0.2, 0.25) is 0 Å². The maximum Gasteiger partial charge on any atom is 0.0929 e. The van der Waals surface area contributed by atoms with E-state index in [2.05, 4.69) is 22.9 Å². The highest BCUT2D eigenvalue weighted by atomic mass is 15.1. The Morgan fingerprint density at radius 2 is 1.86 bits per heavy atom. The molecule has 67 valence electrons. The Morgan fingerprint density at radius 1 is 1.07 bits per heavy atom. The van der Waals surface area contributed by atoms with Crippen molar-refractivity contribution >= 4 is 0 Å². The first-order valence-electron chi connectivity index (χ1n) is 4.31. The van der Waals surface area contributed by atoms with E-state index < -0.39 is 0 Å². The predicted octanol–water partition coefficient (Wildman–Crippen LogP) is 2.48. The lowest BCUT2D eigenvalue weighted by molar-refractivity contribution is 1.04. The second kappa shape index (κ2) is 3.83. The molecule has 0 saturated heterocycles. The van der Waals surface area contributed by atoms with E-state index in [9.17, 15) is 0 Å². The van der Waals surface area contributed by atoms with Crippen LogP contribution in [-0.2, 0) is 0 Å². The molecular weight excluding hydrogens is 172 g/mol. The molecule has 14 heavy (non-hydrogen) atoms. The van der Waals surface area contributed by atoms with Gasteiger partial charge in [0.05, 0.1) is 5.69 Å². The maximum atomic E-state index is 4.02. The van der Waals surface area contributed by atoms with Crippen molar-refractivity contribution < 1.29 is 0 Å². The van der Waals surface area contributed by atoms with Crippen LogP contribution in [0.25, 0.3) is 11.3 Å². The summed E-state index contributed by atoms with van der Waals surface area (Å²) >= 11 is 0. The van der Waals surface area contributed by atoms with Gasteiger partial charge >= 0.3 is 0 Å². The van der Waals surface area contributed by atoms with Gasteiger partial charge in [0.2, 0.25) is 0 Å². The molecule has 0 atom stereocenters.